The van der Waals surface area contributed by atoms with Crippen LogP contribution in [0.1, 0.15) is 18.4 Å². The van der Waals surface area contributed by atoms with Gasteiger partial charge in [-0.3, -0.25) is 0 Å². The van der Waals surface area contributed by atoms with Crippen LogP contribution in [-0.4, -0.2) is 15.0 Å². The van der Waals surface area contributed by atoms with Crippen LogP contribution >= 0.6 is 22.7 Å². The summed E-state index contributed by atoms with van der Waals surface area (Å²) in [7, 11) is -3.33. The smallest absolute Gasteiger partial charge is 0.210 e. The number of hydrogen-bond donors (Lipinski definition) is 1. The molecule has 2 heterocycles. The lowest BCUT2D eigenvalue weighted by atomic mass is 10.0. The first-order chi connectivity index (χ1) is 8.62. The predicted molar refractivity (Wildman–Crippen MR) is 74.7 cm³/mol. The van der Waals surface area contributed by atoms with Crippen molar-refractivity contribution in [2.75, 3.05) is 6.54 Å². The lowest BCUT2D eigenvalue weighted by Crippen LogP contribution is -2.31. The van der Waals surface area contributed by atoms with Crippen LogP contribution in [0.5, 0.6) is 0 Å². The molecule has 0 spiro atoms. The Balaban J connectivity index is 1.73. The van der Waals surface area contributed by atoms with E-state index in [2.05, 4.69) is 16.2 Å². The summed E-state index contributed by atoms with van der Waals surface area (Å²) in [6, 6.07) is 5.49. The van der Waals surface area contributed by atoms with E-state index in [1.165, 1.54) is 16.9 Å². The fraction of sp³-hybridized carbons (Fsp3) is 0.333. The van der Waals surface area contributed by atoms with E-state index in [0.29, 0.717) is 10.8 Å². The highest BCUT2D eigenvalue weighted by atomic mass is 32.2. The quantitative estimate of drug-likeness (QED) is 0.923. The normalized spacial score (nSPS) is 17.8. The van der Waals surface area contributed by atoms with E-state index in [9.17, 15) is 8.42 Å². The molecule has 0 unspecified atom stereocenters. The Morgan fingerprint density at radius 2 is 2.11 bits per heavy atom. The third kappa shape index (κ3) is 2.25. The predicted octanol–water partition coefficient (Wildman–Crippen LogP) is 2.82. The molecular weight excluding hydrogens is 286 g/mol. The van der Waals surface area contributed by atoms with Gasteiger partial charge >= 0.3 is 0 Å². The molecule has 0 amide bonds. The minimum absolute atomic E-state index is 0.0460. The number of hydrogen-bond acceptors (Lipinski definition) is 4. The van der Waals surface area contributed by atoms with Crippen molar-refractivity contribution in [3.8, 4) is 0 Å². The van der Waals surface area contributed by atoms with Crippen LogP contribution in [0, 0.1) is 0 Å². The summed E-state index contributed by atoms with van der Waals surface area (Å²) in [5, 5.41) is 5.94. The molecule has 1 aliphatic carbocycles. The van der Waals surface area contributed by atoms with E-state index < -0.39 is 10.0 Å². The number of thiophene rings is 2. The van der Waals surface area contributed by atoms with Crippen LogP contribution in [0.3, 0.4) is 0 Å². The van der Waals surface area contributed by atoms with Gasteiger partial charge in [0, 0.05) is 12.0 Å². The Morgan fingerprint density at radius 3 is 2.67 bits per heavy atom. The van der Waals surface area contributed by atoms with Gasteiger partial charge in [0.05, 0.1) is 0 Å². The summed E-state index contributed by atoms with van der Waals surface area (Å²) in [6.45, 7) is 0.504. The Morgan fingerprint density at radius 1 is 1.28 bits per heavy atom. The largest absolute Gasteiger partial charge is 0.250 e. The molecule has 0 aliphatic heterocycles. The number of sulfonamides is 1. The van der Waals surface area contributed by atoms with Gasteiger partial charge < -0.3 is 0 Å². The fourth-order valence-corrected chi connectivity index (χ4v) is 4.95. The minimum atomic E-state index is -3.33. The van der Waals surface area contributed by atoms with Crippen molar-refractivity contribution in [2.45, 2.75) is 22.5 Å². The zero-order valence-corrected chi connectivity index (χ0v) is 12.1. The van der Waals surface area contributed by atoms with Crippen LogP contribution in [0.25, 0.3) is 0 Å². The molecule has 0 aromatic carbocycles. The van der Waals surface area contributed by atoms with Crippen molar-refractivity contribution in [2.24, 2.45) is 0 Å². The first kappa shape index (κ1) is 12.3. The van der Waals surface area contributed by atoms with Gasteiger partial charge in [0.2, 0.25) is 10.0 Å². The molecule has 3 rings (SSSR count). The summed E-state index contributed by atoms with van der Waals surface area (Å²) in [5.74, 6) is 0. The molecule has 2 aromatic heterocycles. The van der Waals surface area contributed by atoms with Crippen LogP contribution < -0.4 is 4.72 Å². The SMILES string of the molecule is O=S(=O)(NCC1(c2ccsc2)CC1)c1cccs1. The molecule has 2 aromatic rings. The molecule has 18 heavy (non-hydrogen) atoms. The highest BCUT2D eigenvalue weighted by molar-refractivity contribution is 7.91. The molecule has 3 nitrogen and oxygen atoms in total. The van der Waals surface area contributed by atoms with Gasteiger partial charge in [0.1, 0.15) is 4.21 Å². The Labute approximate surface area is 115 Å². The average molecular weight is 299 g/mol. The third-order valence-electron chi connectivity index (χ3n) is 3.35. The van der Waals surface area contributed by atoms with E-state index >= 15 is 0 Å². The second-order valence-electron chi connectivity index (χ2n) is 4.55. The lowest BCUT2D eigenvalue weighted by molar-refractivity contribution is 0.569. The summed E-state index contributed by atoms with van der Waals surface area (Å²) >= 11 is 2.91. The highest BCUT2D eigenvalue weighted by Gasteiger charge is 2.45. The molecule has 0 radical (unpaired) electrons. The van der Waals surface area contributed by atoms with Crippen molar-refractivity contribution in [1.82, 2.24) is 4.72 Å². The van der Waals surface area contributed by atoms with Crippen molar-refractivity contribution in [3.05, 3.63) is 39.9 Å². The molecular formula is C12H13NO2S3. The first-order valence-electron chi connectivity index (χ1n) is 5.68. The van der Waals surface area contributed by atoms with E-state index in [-0.39, 0.29) is 5.41 Å². The molecule has 0 saturated heterocycles. The van der Waals surface area contributed by atoms with Gasteiger partial charge in [-0.15, -0.1) is 11.3 Å². The molecule has 1 saturated carbocycles. The van der Waals surface area contributed by atoms with Gasteiger partial charge in [-0.05, 0) is 46.7 Å². The topological polar surface area (TPSA) is 46.2 Å². The summed E-state index contributed by atoms with van der Waals surface area (Å²) in [5.41, 5.74) is 1.31. The molecule has 1 N–H and O–H groups in total. The Kier molecular flexibility index (Phi) is 3.05. The maximum absolute atomic E-state index is 12.0. The van der Waals surface area contributed by atoms with Gasteiger partial charge in [-0.25, -0.2) is 13.1 Å². The first-order valence-corrected chi connectivity index (χ1v) is 8.99. The summed E-state index contributed by atoms with van der Waals surface area (Å²) in [6.07, 6.45) is 2.13. The minimum Gasteiger partial charge on any atom is -0.210 e. The van der Waals surface area contributed by atoms with Gasteiger partial charge in [0.15, 0.2) is 0 Å². The average Bonchev–Trinajstić information content (AvgIpc) is 2.84. The zero-order valence-electron chi connectivity index (χ0n) is 9.63. The monoisotopic (exact) mass is 299 g/mol. The molecule has 0 atom stereocenters. The summed E-state index contributed by atoms with van der Waals surface area (Å²) < 4.78 is 27.2. The van der Waals surface area contributed by atoms with Gasteiger partial charge in [-0.2, -0.15) is 11.3 Å². The second-order valence-corrected chi connectivity index (χ2v) is 8.27. The lowest BCUT2D eigenvalue weighted by Gasteiger charge is -2.14. The van der Waals surface area contributed by atoms with E-state index in [0.717, 1.165) is 12.8 Å². The Bertz CT molecular complexity index is 610. The number of nitrogens with one attached hydrogen (secondary N) is 1. The van der Waals surface area contributed by atoms with Crippen molar-refractivity contribution in [1.29, 1.82) is 0 Å². The standard InChI is InChI=1S/C12H13NO2S3/c14-18(15,11-2-1-6-17-11)13-9-12(4-5-12)10-3-7-16-8-10/h1-3,6-8,13H,4-5,9H2. The fourth-order valence-electron chi connectivity index (χ4n) is 2.01. The maximum Gasteiger partial charge on any atom is 0.250 e. The molecule has 1 aliphatic rings. The van der Waals surface area contributed by atoms with Crippen molar-refractivity contribution in [3.63, 3.8) is 0 Å². The van der Waals surface area contributed by atoms with Crippen LogP contribution in [-0.2, 0) is 15.4 Å². The van der Waals surface area contributed by atoms with Gasteiger partial charge in [0.25, 0.3) is 0 Å². The van der Waals surface area contributed by atoms with Crippen LogP contribution in [0.2, 0.25) is 0 Å². The zero-order chi connectivity index (χ0) is 12.6. The van der Waals surface area contributed by atoms with Crippen molar-refractivity contribution >= 4 is 32.7 Å². The van der Waals surface area contributed by atoms with Crippen LogP contribution in [0.15, 0.2) is 38.5 Å². The van der Waals surface area contributed by atoms with E-state index in [1.54, 1.807) is 28.8 Å². The second kappa shape index (κ2) is 4.45. The molecule has 96 valence electrons. The number of rotatable bonds is 5. The van der Waals surface area contributed by atoms with Gasteiger partial charge in [-0.1, -0.05) is 6.07 Å². The maximum atomic E-state index is 12.0. The van der Waals surface area contributed by atoms with E-state index in [1.807, 2.05) is 5.38 Å². The van der Waals surface area contributed by atoms with E-state index in [4.69, 9.17) is 0 Å². The molecule has 6 heteroatoms. The third-order valence-corrected chi connectivity index (χ3v) is 6.83. The molecule has 1 fully saturated rings. The highest BCUT2D eigenvalue weighted by Crippen LogP contribution is 2.48. The van der Waals surface area contributed by atoms with Crippen LogP contribution in [0.4, 0.5) is 0 Å². The summed E-state index contributed by atoms with van der Waals surface area (Å²) in [4.78, 5) is 0. The molecule has 0 bridgehead atoms. The van der Waals surface area contributed by atoms with Crippen molar-refractivity contribution < 1.29 is 8.42 Å². The Hall–Kier alpha value is -0.690.